The lowest BCUT2D eigenvalue weighted by Gasteiger charge is -2.14. The van der Waals surface area contributed by atoms with Gasteiger partial charge in [0, 0.05) is 14.1 Å². The van der Waals surface area contributed by atoms with E-state index in [9.17, 15) is 21.2 Å². The van der Waals surface area contributed by atoms with Crippen LogP contribution < -0.4 is 4.72 Å². The van der Waals surface area contributed by atoms with Crippen molar-refractivity contribution >= 4 is 25.7 Å². The second-order valence-electron chi connectivity index (χ2n) is 5.33. The summed E-state index contributed by atoms with van der Waals surface area (Å²) in [4.78, 5) is -0.257. The van der Waals surface area contributed by atoms with Gasteiger partial charge in [0.25, 0.3) is 10.0 Å². The van der Waals surface area contributed by atoms with Crippen molar-refractivity contribution in [3.8, 4) is 0 Å². The van der Waals surface area contributed by atoms with Crippen molar-refractivity contribution < 1.29 is 21.2 Å². The zero-order valence-corrected chi connectivity index (χ0v) is 14.9. The van der Waals surface area contributed by atoms with E-state index in [1.807, 2.05) is 0 Å². The summed E-state index contributed by atoms with van der Waals surface area (Å²) in [7, 11) is -4.99. The molecule has 2 aromatic carbocycles. The van der Waals surface area contributed by atoms with Gasteiger partial charge in [-0.25, -0.2) is 25.5 Å². The van der Waals surface area contributed by atoms with Gasteiger partial charge in [-0.05, 0) is 42.8 Å². The van der Waals surface area contributed by atoms with Crippen molar-refractivity contribution in [3.05, 3.63) is 53.8 Å². The Kier molecular flexibility index (Phi) is 4.97. The van der Waals surface area contributed by atoms with Gasteiger partial charge in [-0.2, -0.15) is 0 Å². The highest BCUT2D eigenvalue weighted by atomic mass is 32.2. The highest BCUT2D eigenvalue weighted by Gasteiger charge is 2.21. The van der Waals surface area contributed by atoms with E-state index in [0.29, 0.717) is 5.56 Å². The van der Waals surface area contributed by atoms with Gasteiger partial charge in [0.2, 0.25) is 10.0 Å². The Labute approximate surface area is 141 Å². The summed E-state index contributed by atoms with van der Waals surface area (Å²) in [6.07, 6.45) is 0. The second-order valence-corrected chi connectivity index (χ2v) is 9.13. The van der Waals surface area contributed by atoms with Crippen LogP contribution in [-0.2, 0) is 20.0 Å². The Balaban J connectivity index is 2.43. The topological polar surface area (TPSA) is 83.5 Å². The molecule has 2 rings (SSSR count). The maximum absolute atomic E-state index is 13.3. The molecule has 0 heterocycles. The first kappa shape index (κ1) is 18.4. The fourth-order valence-corrected chi connectivity index (χ4v) is 4.26. The van der Waals surface area contributed by atoms with E-state index >= 15 is 0 Å². The number of halogens is 1. The summed E-state index contributed by atoms with van der Waals surface area (Å²) in [6, 6.07) is 8.85. The molecule has 0 bridgehead atoms. The fourth-order valence-electron chi connectivity index (χ4n) is 2.00. The number of hydrogen-bond acceptors (Lipinski definition) is 4. The summed E-state index contributed by atoms with van der Waals surface area (Å²) in [5.74, 6) is -0.676. The standard InChI is InChI=1S/C15H17FN2O4S2/c1-11-7-8-12(16)9-15(11)23(19,20)17-13-5-4-6-14(10-13)24(21,22)18(2)3/h4-10,17H,1-3H3. The molecule has 0 saturated heterocycles. The van der Waals surface area contributed by atoms with Crippen LogP contribution in [-0.4, -0.2) is 35.2 Å². The van der Waals surface area contributed by atoms with Crippen molar-refractivity contribution in [1.82, 2.24) is 4.31 Å². The molecule has 0 spiro atoms. The molecular weight excluding hydrogens is 355 g/mol. The number of benzene rings is 2. The molecule has 1 N–H and O–H groups in total. The SMILES string of the molecule is Cc1ccc(F)cc1S(=O)(=O)Nc1cccc(S(=O)(=O)N(C)C)c1. The Morgan fingerprint density at radius 2 is 1.67 bits per heavy atom. The lowest BCUT2D eigenvalue weighted by atomic mass is 10.2. The first-order chi connectivity index (χ1) is 11.0. The third-order valence-electron chi connectivity index (χ3n) is 3.30. The summed E-state index contributed by atoms with van der Waals surface area (Å²) in [6.45, 7) is 1.54. The summed E-state index contributed by atoms with van der Waals surface area (Å²) in [5, 5.41) is 0. The molecule has 0 aliphatic carbocycles. The molecule has 0 aliphatic heterocycles. The quantitative estimate of drug-likeness (QED) is 0.872. The molecule has 2 aromatic rings. The van der Waals surface area contributed by atoms with Gasteiger partial charge in [-0.15, -0.1) is 0 Å². The maximum Gasteiger partial charge on any atom is 0.262 e. The number of hydrogen-bond donors (Lipinski definition) is 1. The van der Waals surface area contributed by atoms with Crippen LogP contribution in [0.15, 0.2) is 52.3 Å². The van der Waals surface area contributed by atoms with Gasteiger partial charge >= 0.3 is 0 Å². The van der Waals surface area contributed by atoms with E-state index in [-0.39, 0.29) is 15.5 Å². The van der Waals surface area contributed by atoms with Crippen LogP contribution in [0.4, 0.5) is 10.1 Å². The van der Waals surface area contributed by atoms with E-state index < -0.39 is 25.9 Å². The molecule has 0 radical (unpaired) electrons. The van der Waals surface area contributed by atoms with Crippen LogP contribution in [0.5, 0.6) is 0 Å². The maximum atomic E-state index is 13.3. The van der Waals surface area contributed by atoms with Crippen molar-refractivity contribution in [2.45, 2.75) is 16.7 Å². The Hall–Kier alpha value is -1.97. The number of aryl methyl sites for hydroxylation is 1. The van der Waals surface area contributed by atoms with E-state index in [4.69, 9.17) is 0 Å². The molecule has 0 aliphatic rings. The normalized spacial score (nSPS) is 12.4. The van der Waals surface area contributed by atoms with Gasteiger partial charge in [0.1, 0.15) is 5.82 Å². The number of rotatable bonds is 5. The smallest absolute Gasteiger partial charge is 0.262 e. The zero-order valence-electron chi connectivity index (χ0n) is 13.3. The van der Waals surface area contributed by atoms with Crippen LogP contribution in [0.3, 0.4) is 0 Å². The summed E-state index contributed by atoms with van der Waals surface area (Å²) in [5.41, 5.74) is 0.447. The average Bonchev–Trinajstić information content (AvgIpc) is 2.49. The van der Waals surface area contributed by atoms with E-state index in [2.05, 4.69) is 4.72 Å². The average molecular weight is 372 g/mol. The first-order valence-corrected chi connectivity index (χ1v) is 9.78. The monoisotopic (exact) mass is 372 g/mol. The van der Waals surface area contributed by atoms with Gasteiger partial charge in [-0.3, -0.25) is 4.72 Å². The lowest BCUT2D eigenvalue weighted by Crippen LogP contribution is -2.22. The largest absolute Gasteiger partial charge is 0.280 e. The van der Waals surface area contributed by atoms with E-state index in [0.717, 1.165) is 10.4 Å². The van der Waals surface area contributed by atoms with Crippen LogP contribution in [0.2, 0.25) is 0 Å². The molecule has 6 nitrogen and oxygen atoms in total. The highest BCUT2D eigenvalue weighted by Crippen LogP contribution is 2.23. The van der Waals surface area contributed by atoms with Crippen LogP contribution >= 0.6 is 0 Å². The van der Waals surface area contributed by atoms with Crippen molar-refractivity contribution in [2.24, 2.45) is 0 Å². The minimum absolute atomic E-state index is 0.0522. The predicted octanol–water partition coefficient (Wildman–Crippen LogP) is 2.19. The first-order valence-electron chi connectivity index (χ1n) is 6.85. The molecule has 0 unspecified atom stereocenters. The van der Waals surface area contributed by atoms with Gasteiger partial charge in [-0.1, -0.05) is 12.1 Å². The third-order valence-corrected chi connectivity index (χ3v) is 6.64. The van der Waals surface area contributed by atoms with Gasteiger partial charge in [0.05, 0.1) is 15.5 Å². The molecule has 0 atom stereocenters. The molecular formula is C15H17FN2O4S2. The number of nitrogens with one attached hydrogen (secondary N) is 1. The van der Waals surface area contributed by atoms with Crippen LogP contribution in [0.25, 0.3) is 0 Å². The van der Waals surface area contributed by atoms with Gasteiger partial charge in [0.15, 0.2) is 0 Å². The van der Waals surface area contributed by atoms with E-state index in [1.165, 1.54) is 50.5 Å². The molecule has 0 aromatic heterocycles. The third kappa shape index (κ3) is 3.74. The molecule has 130 valence electrons. The molecule has 0 amide bonds. The van der Waals surface area contributed by atoms with E-state index in [1.54, 1.807) is 6.92 Å². The molecule has 0 fully saturated rings. The Morgan fingerprint density at radius 3 is 2.29 bits per heavy atom. The minimum atomic E-state index is -4.05. The highest BCUT2D eigenvalue weighted by molar-refractivity contribution is 7.92. The predicted molar refractivity (Wildman–Crippen MR) is 89.3 cm³/mol. The Morgan fingerprint density at radius 1 is 1.00 bits per heavy atom. The van der Waals surface area contributed by atoms with Crippen molar-refractivity contribution in [1.29, 1.82) is 0 Å². The zero-order chi connectivity index (χ0) is 18.1. The lowest BCUT2D eigenvalue weighted by molar-refractivity contribution is 0.520. The number of nitrogens with zero attached hydrogens (tertiary/aromatic N) is 1. The molecule has 0 saturated carbocycles. The summed E-state index contributed by atoms with van der Waals surface area (Å²) >= 11 is 0. The second kappa shape index (κ2) is 6.50. The van der Waals surface area contributed by atoms with Crippen LogP contribution in [0.1, 0.15) is 5.56 Å². The van der Waals surface area contributed by atoms with Crippen LogP contribution in [0, 0.1) is 12.7 Å². The fraction of sp³-hybridized carbons (Fsp3) is 0.200. The van der Waals surface area contributed by atoms with Crippen molar-refractivity contribution in [2.75, 3.05) is 18.8 Å². The van der Waals surface area contributed by atoms with Gasteiger partial charge < -0.3 is 0 Å². The molecule has 24 heavy (non-hydrogen) atoms. The number of sulfonamides is 2. The minimum Gasteiger partial charge on any atom is -0.280 e. The number of anilines is 1. The van der Waals surface area contributed by atoms with Crippen molar-refractivity contribution in [3.63, 3.8) is 0 Å². The Bertz CT molecular complexity index is 971. The molecule has 9 heteroatoms. The summed E-state index contributed by atoms with van der Waals surface area (Å²) < 4.78 is 65.7.